The van der Waals surface area contributed by atoms with Gasteiger partial charge in [-0.05, 0) is 12.1 Å². The highest BCUT2D eigenvalue weighted by Crippen LogP contribution is 2.36. The van der Waals surface area contributed by atoms with Crippen molar-refractivity contribution in [3.63, 3.8) is 0 Å². The number of rotatable bonds is 11. The lowest BCUT2D eigenvalue weighted by atomic mass is 10.2. The van der Waals surface area contributed by atoms with Crippen molar-refractivity contribution in [3.05, 3.63) is 29.8 Å². The van der Waals surface area contributed by atoms with Gasteiger partial charge in [-0.2, -0.15) is 0 Å². The standard InChI is InChI=1S/C11H18N2O10P2/c14-11(15)9-3-1-2-4-10(9)12-13(5-7-22-24(16,17)18)6-8-23-25(19,20)21/h1-4,12H,5-8H2,(H,14,15)(H2,16,17,18)(H2,19,20,21). The molecule has 0 fully saturated rings. The first-order valence-corrected chi connectivity index (χ1v) is 9.78. The number of anilines is 1. The minimum absolute atomic E-state index is 0.0701. The average Bonchev–Trinajstić information content (AvgIpc) is 2.44. The van der Waals surface area contributed by atoms with Crippen LogP contribution in [0.25, 0.3) is 0 Å². The number of carbonyl (C=O) groups is 1. The Morgan fingerprint density at radius 1 is 1.00 bits per heavy atom. The van der Waals surface area contributed by atoms with Gasteiger partial charge in [0.1, 0.15) is 0 Å². The zero-order chi connectivity index (χ0) is 19.1. The normalized spacial score (nSPS) is 12.4. The van der Waals surface area contributed by atoms with Gasteiger partial charge in [-0.1, -0.05) is 12.1 Å². The molecule has 1 rings (SSSR count). The number of phosphoric ester groups is 2. The van der Waals surface area contributed by atoms with Crippen molar-refractivity contribution >= 4 is 27.3 Å². The lowest BCUT2D eigenvalue weighted by Crippen LogP contribution is -2.36. The van der Waals surface area contributed by atoms with Gasteiger partial charge in [0.05, 0.1) is 24.5 Å². The second kappa shape index (κ2) is 9.39. The van der Waals surface area contributed by atoms with Crippen molar-refractivity contribution < 1.29 is 47.7 Å². The summed E-state index contributed by atoms with van der Waals surface area (Å²) < 4.78 is 30.0. The van der Waals surface area contributed by atoms with E-state index >= 15 is 0 Å². The van der Waals surface area contributed by atoms with Crippen LogP contribution in [0.2, 0.25) is 0 Å². The van der Waals surface area contributed by atoms with Crippen LogP contribution in [0, 0.1) is 0 Å². The van der Waals surface area contributed by atoms with Crippen LogP contribution in [0.4, 0.5) is 5.69 Å². The van der Waals surface area contributed by atoms with Crippen LogP contribution in [0.15, 0.2) is 24.3 Å². The molecule has 1 aromatic rings. The summed E-state index contributed by atoms with van der Waals surface area (Å²) in [5.41, 5.74) is 2.79. The summed E-state index contributed by atoms with van der Waals surface area (Å²) in [5.74, 6) is -1.21. The average molecular weight is 400 g/mol. The summed E-state index contributed by atoms with van der Waals surface area (Å²) in [7, 11) is -9.37. The topological polar surface area (TPSA) is 186 Å². The third-order valence-electron chi connectivity index (χ3n) is 2.68. The first kappa shape index (κ1) is 21.7. The fourth-order valence-electron chi connectivity index (χ4n) is 1.70. The van der Waals surface area contributed by atoms with E-state index in [1.54, 1.807) is 6.07 Å². The molecule has 0 aliphatic carbocycles. The molecule has 0 saturated heterocycles. The number of hydrazine groups is 1. The third-order valence-corrected chi connectivity index (χ3v) is 3.72. The van der Waals surface area contributed by atoms with E-state index in [9.17, 15) is 13.9 Å². The number of phosphoric acid groups is 2. The molecule has 14 heteroatoms. The van der Waals surface area contributed by atoms with Gasteiger partial charge in [0, 0.05) is 13.1 Å². The smallest absolute Gasteiger partial charge is 0.469 e. The molecular weight excluding hydrogens is 382 g/mol. The van der Waals surface area contributed by atoms with Crippen molar-refractivity contribution in [3.8, 4) is 0 Å². The highest BCUT2D eigenvalue weighted by Gasteiger charge is 2.18. The van der Waals surface area contributed by atoms with Gasteiger partial charge in [0.25, 0.3) is 0 Å². The molecule has 0 unspecified atom stereocenters. The molecule has 0 heterocycles. The molecule has 0 spiro atoms. The Morgan fingerprint density at radius 3 is 1.92 bits per heavy atom. The maximum absolute atomic E-state index is 11.2. The van der Waals surface area contributed by atoms with Crippen LogP contribution in [0.1, 0.15) is 10.4 Å². The first-order chi connectivity index (χ1) is 11.5. The number of hydrogen-bond donors (Lipinski definition) is 6. The molecule has 0 aliphatic rings. The zero-order valence-corrected chi connectivity index (χ0v) is 14.5. The maximum atomic E-state index is 11.2. The third kappa shape index (κ3) is 9.66. The quantitative estimate of drug-likeness (QED) is 0.220. The van der Waals surface area contributed by atoms with Gasteiger partial charge in [-0.3, -0.25) is 9.05 Å². The molecule has 0 bridgehead atoms. The Hall–Kier alpha value is -1.33. The number of carboxylic acid groups (broad SMARTS) is 1. The maximum Gasteiger partial charge on any atom is 0.469 e. The second-order valence-electron chi connectivity index (χ2n) is 4.60. The molecule has 0 amide bonds. The number of nitrogens with one attached hydrogen (secondary N) is 1. The number of benzene rings is 1. The molecule has 142 valence electrons. The highest BCUT2D eigenvalue weighted by molar-refractivity contribution is 7.46. The fourth-order valence-corrected chi connectivity index (χ4v) is 2.34. The number of carboxylic acids is 1. The van der Waals surface area contributed by atoms with Gasteiger partial charge < -0.3 is 30.1 Å². The largest absolute Gasteiger partial charge is 0.478 e. The molecule has 0 aromatic heterocycles. The molecule has 0 aliphatic heterocycles. The second-order valence-corrected chi connectivity index (χ2v) is 7.08. The van der Waals surface area contributed by atoms with E-state index in [0.717, 1.165) is 0 Å². The van der Waals surface area contributed by atoms with Crippen LogP contribution < -0.4 is 5.43 Å². The number of para-hydroxylation sites is 1. The lowest BCUT2D eigenvalue weighted by Gasteiger charge is -2.25. The fraction of sp³-hybridized carbons (Fsp3) is 0.364. The SMILES string of the molecule is O=C(O)c1ccccc1NN(CCOP(=O)(O)O)CCOP(=O)(O)O. The van der Waals surface area contributed by atoms with Crippen LogP contribution >= 0.6 is 15.6 Å². The predicted octanol–water partition coefficient (Wildman–Crippen LogP) is 0.232. The van der Waals surface area contributed by atoms with Gasteiger partial charge in [0.15, 0.2) is 0 Å². The van der Waals surface area contributed by atoms with E-state index in [2.05, 4.69) is 14.5 Å². The Bertz CT molecular complexity index is 645. The van der Waals surface area contributed by atoms with Gasteiger partial charge >= 0.3 is 21.6 Å². The van der Waals surface area contributed by atoms with Crippen molar-refractivity contribution in [1.82, 2.24) is 5.01 Å². The van der Waals surface area contributed by atoms with Crippen LogP contribution in [-0.2, 0) is 18.2 Å². The summed E-state index contributed by atoms with van der Waals surface area (Å²) in [6.07, 6.45) is 0. The molecule has 25 heavy (non-hydrogen) atoms. The van der Waals surface area contributed by atoms with E-state index in [4.69, 9.17) is 24.7 Å². The van der Waals surface area contributed by atoms with Crippen LogP contribution in [0.5, 0.6) is 0 Å². The molecular formula is C11H18N2O10P2. The van der Waals surface area contributed by atoms with Crippen molar-refractivity contribution in [1.29, 1.82) is 0 Å². The summed E-state index contributed by atoms with van der Waals surface area (Å²) >= 11 is 0. The van der Waals surface area contributed by atoms with E-state index in [0.29, 0.717) is 0 Å². The van der Waals surface area contributed by atoms with E-state index < -0.39 is 34.8 Å². The van der Waals surface area contributed by atoms with Crippen LogP contribution in [-0.4, -0.2) is 62.0 Å². The zero-order valence-electron chi connectivity index (χ0n) is 12.8. The molecule has 12 nitrogen and oxygen atoms in total. The Kier molecular flexibility index (Phi) is 8.16. The predicted molar refractivity (Wildman–Crippen MR) is 84.6 cm³/mol. The summed E-state index contributed by atoms with van der Waals surface area (Å²) in [4.78, 5) is 45.8. The van der Waals surface area contributed by atoms with Gasteiger partial charge in [-0.15, -0.1) is 0 Å². The molecule has 1 aromatic carbocycles. The van der Waals surface area contributed by atoms with Gasteiger partial charge in [0.2, 0.25) is 0 Å². The summed E-state index contributed by atoms with van der Waals surface area (Å²) in [6.45, 7) is -1.13. The van der Waals surface area contributed by atoms with E-state index in [1.165, 1.54) is 23.2 Å². The van der Waals surface area contributed by atoms with Crippen molar-refractivity contribution in [2.45, 2.75) is 0 Å². The Morgan fingerprint density at radius 2 is 1.48 bits per heavy atom. The highest BCUT2D eigenvalue weighted by atomic mass is 31.2. The summed E-state index contributed by atoms with van der Waals surface area (Å²) in [6, 6.07) is 5.85. The minimum atomic E-state index is -4.69. The van der Waals surface area contributed by atoms with E-state index in [1.807, 2.05) is 0 Å². The Labute approximate surface area is 142 Å². The number of aromatic carboxylic acids is 1. The van der Waals surface area contributed by atoms with Crippen LogP contribution in [0.3, 0.4) is 0 Å². The van der Waals surface area contributed by atoms with E-state index in [-0.39, 0.29) is 24.3 Å². The monoisotopic (exact) mass is 400 g/mol. The molecule has 6 N–H and O–H groups in total. The van der Waals surface area contributed by atoms with Crippen molar-refractivity contribution in [2.75, 3.05) is 31.7 Å². The van der Waals surface area contributed by atoms with Crippen molar-refractivity contribution in [2.24, 2.45) is 0 Å². The molecule has 0 saturated carbocycles. The number of hydrogen-bond acceptors (Lipinski definition) is 7. The first-order valence-electron chi connectivity index (χ1n) is 6.72. The lowest BCUT2D eigenvalue weighted by molar-refractivity contribution is 0.0697. The molecule has 0 atom stereocenters. The summed E-state index contributed by atoms with van der Waals surface area (Å²) in [5, 5.41) is 10.4. The van der Waals surface area contributed by atoms with Gasteiger partial charge in [-0.25, -0.2) is 18.9 Å². The minimum Gasteiger partial charge on any atom is -0.478 e. The number of nitrogens with zero attached hydrogens (tertiary/aromatic N) is 1. The Balaban J connectivity index is 2.77. The molecule has 0 radical (unpaired) electrons.